The van der Waals surface area contributed by atoms with E-state index in [1.54, 1.807) is 0 Å². The molecule has 0 saturated carbocycles. The summed E-state index contributed by atoms with van der Waals surface area (Å²) in [6.07, 6.45) is 2.33. The van der Waals surface area contributed by atoms with Gasteiger partial charge in [0, 0.05) is 31.7 Å². The van der Waals surface area contributed by atoms with Gasteiger partial charge in [0.2, 0.25) is 0 Å². The van der Waals surface area contributed by atoms with Gasteiger partial charge in [-0.15, -0.1) is 0 Å². The van der Waals surface area contributed by atoms with E-state index in [2.05, 4.69) is 41.0 Å². The molecule has 1 N–H and O–H groups in total. The first-order chi connectivity index (χ1) is 9.56. The standard InChI is InChI=1S/C15H27N5/c1-6-13-10-19(5)8-7-9-20(13)15-11(2)14(16-4)17-12(3)18-15/h13H,6-10H2,1-5H3,(H,16,17,18). The van der Waals surface area contributed by atoms with Gasteiger partial charge >= 0.3 is 0 Å². The summed E-state index contributed by atoms with van der Waals surface area (Å²) in [7, 11) is 4.13. The summed E-state index contributed by atoms with van der Waals surface area (Å²) in [5.74, 6) is 2.88. The minimum absolute atomic E-state index is 0.528. The molecule has 1 saturated heterocycles. The van der Waals surface area contributed by atoms with E-state index in [9.17, 15) is 0 Å². The number of likely N-dealkylation sites (N-methyl/N-ethyl adjacent to an activating group) is 1. The van der Waals surface area contributed by atoms with E-state index < -0.39 is 0 Å². The Bertz CT molecular complexity index is 460. The van der Waals surface area contributed by atoms with Crippen molar-refractivity contribution in [3.05, 3.63) is 11.4 Å². The molecule has 0 bridgehead atoms. The number of anilines is 2. The van der Waals surface area contributed by atoms with Crippen LogP contribution in [0, 0.1) is 13.8 Å². The molecule has 1 unspecified atom stereocenters. The predicted molar refractivity (Wildman–Crippen MR) is 84.6 cm³/mol. The molecule has 0 aliphatic carbocycles. The minimum Gasteiger partial charge on any atom is -0.373 e. The number of aryl methyl sites for hydroxylation is 1. The zero-order chi connectivity index (χ0) is 14.7. The average molecular weight is 277 g/mol. The van der Waals surface area contributed by atoms with Gasteiger partial charge in [-0.1, -0.05) is 6.92 Å². The molecule has 0 radical (unpaired) electrons. The van der Waals surface area contributed by atoms with Crippen molar-refractivity contribution in [2.45, 2.75) is 39.7 Å². The molecule has 2 rings (SSSR count). The van der Waals surface area contributed by atoms with Gasteiger partial charge in [0.25, 0.3) is 0 Å². The van der Waals surface area contributed by atoms with E-state index in [0.717, 1.165) is 49.1 Å². The molecule has 1 aliphatic heterocycles. The van der Waals surface area contributed by atoms with E-state index in [4.69, 9.17) is 4.98 Å². The molecule has 1 aliphatic rings. The van der Waals surface area contributed by atoms with Crippen molar-refractivity contribution in [1.29, 1.82) is 0 Å². The second-order valence-electron chi connectivity index (χ2n) is 5.69. The van der Waals surface area contributed by atoms with Gasteiger partial charge in [0.15, 0.2) is 0 Å². The lowest BCUT2D eigenvalue weighted by molar-refractivity contribution is 0.327. The lowest BCUT2D eigenvalue weighted by Gasteiger charge is -2.32. The molecular weight excluding hydrogens is 250 g/mol. The smallest absolute Gasteiger partial charge is 0.137 e. The largest absolute Gasteiger partial charge is 0.373 e. The number of hydrogen-bond donors (Lipinski definition) is 1. The fourth-order valence-electron chi connectivity index (χ4n) is 3.01. The second-order valence-corrected chi connectivity index (χ2v) is 5.69. The van der Waals surface area contributed by atoms with Crippen molar-refractivity contribution in [3.8, 4) is 0 Å². The van der Waals surface area contributed by atoms with Crippen LogP contribution in [-0.4, -0.2) is 54.6 Å². The maximum absolute atomic E-state index is 4.73. The number of rotatable bonds is 3. The predicted octanol–water partition coefficient (Wildman–Crippen LogP) is 2.06. The first-order valence-electron chi connectivity index (χ1n) is 7.55. The first-order valence-corrected chi connectivity index (χ1v) is 7.55. The molecule has 1 aromatic heterocycles. The van der Waals surface area contributed by atoms with E-state index in [0.29, 0.717) is 6.04 Å². The third-order valence-corrected chi connectivity index (χ3v) is 4.11. The fraction of sp³-hybridized carbons (Fsp3) is 0.733. The van der Waals surface area contributed by atoms with Gasteiger partial charge in [0.05, 0.1) is 0 Å². The maximum Gasteiger partial charge on any atom is 0.137 e. The van der Waals surface area contributed by atoms with Crippen molar-refractivity contribution in [2.24, 2.45) is 0 Å². The second kappa shape index (κ2) is 6.39. The minimum atomic E-state index is 0.528. The number of nitrogens with zero attached hydrogens (tertiary/aromatic N) is 4. The van der Waals surface area contributed by atoms with Crippen LogP contribution >= 0.6 is 0 Å². The number of hydrogen-bond acceptors (Lipinski definition) is 5. The Kier molecular flexibility index (Phi) is 4.81. The molecule has 0 amide bonds. The van der Waals surface area contributed by atoms with Crippen molar-refractivity contribution in [1.82, 2.24) is 14.9 Å². The van der Waals surface area contributed by atoms with Crippen LogP contribution < -0.4 is 10.2 Å². The molecular formula is C15H27N5. The van der Waals surface area contributed by atoms with Crippen molar-refractivity contribution in [3.63, 3.8) is 0 Å². The van der Waals surface area contributed by atoms with Crippen molar-refractivity contribution < 1.29 is 0 Å². The number of aromatic nitrogens is 2. The van der Waals surface area contributed by atoms with Gasteiger partial charge in [0.1, 0.15) is 17.5 Å². The highest BCUT2D eigenvalue weighted by Gasteiger charge is 2.25. The summed E-state index contributed by atoms with van der Waals surface area (Å²) < 4.78 is 0. The zero-order valence-corrected chi connectivity index (χ0v) is 13.4. The summed E-state index contributed by atoms with van der Waals surface area (Å²) in [4.78, 5) is 14.1. The average Bonchev–Trinajstić information content (AvgIpc) is 2.62. The summed E-state index contributed by atoms with van der Waals surface area (Å²) in [6, 6.07) is 0.528. The molecule has 2 heterocycles. The van der Waals surface area contributed by atoms with Crippen LogP contribution in [0.25, 0.3) is 0 Å². The first kappa shape index (κ1) is 15.0. The highest BCUT2D eigenvalue weighted by molar-refractivity contribution is 5.59. The Morgan fingerprint density at radius 1 is 1.25 bits per heavy atom. The molecule has 0 aromatic carbocycles. The summed E-state index contributed by atoms with van der Waals surface area (Å²) in [5, 5.41) is 3.18. The Morgan fingerprint density at radius 2 is 2.00 bits per heavy atom. The van der Waals surface area contributed by atoms with Crippen LogP contribution in [0.2, 0.25) is 0 Å². The van der Waals surface area contributed by atoms with E-state index in [1.165, 1.54) is 6.42 Å². The van der Waals surface area contributed by atoms with Crippen LogP contribution in [0.5, 0.6) is 0 Å². The SMILES string of the molecule is CCC1CN(C)CCCN1c1nc(C)nc(NC)c1C. The van der Waals surface area contributed by atoms with Crippen LogP contribution in [0.4, 0.5) is 11.6 Å². The molecule has 0 spiro atoms. The third kappa shape index (κ3) is 3.03. The van der Waals surface area contributed by atoms with Gasteiger partial charge in [-0.2, -0.15) is 0 Å². The molecule has 5 heteroatoms. The van der Waals surface area contributed by atoms with Gasteiger partial charge in [-0.3, -0.25) is 0 Å². The Morgan fingerprint density at radius 3 is 2.65 bits per heavy atom. The molecule has 1 atom stereocenters. The summed E-state index contributed by atoms with van der Waals surface area (Å²) >= 11 is 0. The van der Waals surface area contributed by atoms with E-state index in [1.807, 2.05) is 14.0 Å². The maximum atomic E-state index is 4.73. The lowest BCUT2D eigenvalue weighted by atomic mass is 10.1. The van der Waals surface area contributed by atoms with E-state index >= 15 is 0 Å². The zero-order valence-electron chi connectivity index (χ0n) is 13.4. The Hall–Kier alpha value is -1.36. The summed E-state index contributed by atoms with van der Waals surface area (Å²) in [6.45, 7) is 9.68. The van der Waals surface area contributed by atoms with Crippen LogP contribution in [0.1, 0.15) is 31.2 Å². The lowest BCUT2D eigenvalue weighted by Crippen LogP contribution is -2.40. The van der Waals surface area contributed by atoms with Crippen molar-refractivity contribution >= 4 is 11.6 Å². The molecule has 20 heavy (non-hydrogen) atoms. The Balaban J connectivity index is 2.39. The van der Waals surface area contributed by atoms with Gasteiger partial charge in [-0.25, -0.2) is 9.97 Å². The molecule has 1 aromatic rings. The molecule has 112 valence electrons. The van der Waals surface area contributed by atoms with Gasteiger partial charge < -0.3 is 15.1 Å². The van der Waals surface area contributed by atoms with Crippen molar-refractivity contribution in [2.75, 3.05) is 43.9 Å². The van der Waals surface area contributed by atoms with Crippen LogP contribution in [0.15, 0.2) is 0 Å². The fourth-order valence-corrected chi connectivity index (χ4v) is 3.01. The van der Waals surface area contributed by atoms with E-state index in [-0.39, 0.29) is 0 Å². The third-order valence-electron chi connectivity index (χ3n) is 4.11. The molecule has 5 nitrogen and oxygen atoms in total. The quantitative estimate of drug-likeness (QED) is 0.916. The normalized spacial score (nSPS) is 20.9. The topological polar surface area (TPSA) is 44.3 Å². The highest BCUT2D eigenvalue weighted by atomic mass is 15.3. The number of nitrogens with one attached hydrogen (secondary N) is 1. The summed E-state index contributed by atoms with van der Waals surface area (Å²) in [5.41, 5.74) is 1.15. The van der Waals surface area contributed by atoms with Crippen LogP contribution in [-0.2, 0) is 0 Å². The highest BCUT2D eigenvalue weighted by Crippen LogP contribution is 2.27. The van der Waals surface area contributed by atoms with Crippen LogP contribution in [0.3, 0.4) is 0 Å². The Labute approximate surface area is 122 Å². The van der Waals surface area contributed by atoms with Gasteiger partial charge in [-0.05, 0) is 40.3 Å². The monoisotopic (exact) mass is 277 g/mol. The molecule has 1 fully saturated rings.